The van der Waals surface area contributed by atoms with E-state index in [4.69, 9.17) is 9.72 Å². The van der Waals surface area contributed by atoms with Crippen LogP contribution in [0.25, 0.3) is 11.0 Å². The van der Waals surface area contributed by atoms with Crippen LogP contribution in [0, 0.1) is 5.92 Å². The van der Waals surface area contributed by atoms with Gasteiger partial charge in [0, 0.05) is 38.7 Å². The average molecular weight is 440 g/mol. The summed E-state index contributed by atoms with van der Waals surface area (Å²) in [7, 11) is 2.15. The number of aryl methyl sites for hydroxylation is 1. The molecular weight excluding hydrogens is 406 g/mol. The number of hydrogen-bond donors (Lipinski definition) is 0. The number of ether oxygens (including phenoxy) is 1. The van der Waals surface area contributed by atoms with Crippen molar-refractivity contribution in [2.75, 3.05) is 18.6 Å². The molecule has 1 aliphatic rings. The lowest BCUT2D eigenvalue weighted by atomic mass is 10.1. The van der Waals surface area contributed by atoms with E-state index in [0.29, 0.717) is 5.92 Å². The monoisotopic (exact) mass is 439 g/mol. The third-order valence-corrected chi connectivity index (χ3v) is 6.56. The molecule has 4 aromatic rings. The van der Waals surface area contributed by atoms with E-state index in [1.54, 1.807) is 0 Å². The molecule has 33 heavy (non-hydrogen) atoms. The van der Waals surface area contributed by atoms with Crippen molar-refractivity contribution in [3.63, 3.8) is 0 Å². The number of anilines is 1. The summed E-state index contributed by atoms with van der Waals surface area (Å²) in [5.74, 6) is 2.84. The molecule has 0 radical (unpaired) electrons. The number of imidazole rings is 1. The van der Waals surface area contributed by atoms with Gasteiger partial charge in [0.2, 0.25) is 0 Å². The third kappa shape index (κ3) is 4.75. The number of aromatic nitrogens is 2. The Balaban J connectivity index is 1.45. The minimum absolute atomic E-state index is 0.656. The Morgan fingerprint density at radius 2 is 1.85 bits per heavy atom. The van der Waals surface area contributed by atoms with E-state index in [1.165, 1.54) is 27.9 Å². The molecule has 3 aromatic carbocycles. The van der Waals surface area contributed by atoms with Crippen LogP contribution in [0.15, 0.2) is 66.7 Å². The van der Waals surface area contributed by atoms with Crippen molar-refractivity contribution in [1.29, 1.82) is 0 Å². The number of fused-ring (bicyclic) bond motifs is 2. The first-order chi connectivity index (χ1) is 16.1. The first-order valence-corrected chi connectivity index (χ1v) is 12.1. The van der Waals surface area contributed by atoms with E-state index in [-0.39, 0.29) is 0 Å². The Morgan fingerprint density at radius 3 is 2.67 bits per heavy atom. The zero-order valence-corrected chi connectivity index (χ0v) is 19.9. The topological polar surface area (TPSA) is 30.3 Å². The fraction of sp³-hybridized carbons (Fsp3) is 0.345. The molecule has 0 saturated heterocycles. The third-order valence-electron chi connectivity index (χ3n) is 6.56. The summed E-state index contributed by atoms with van der Waals surface area (Å²) >= 11 is 0. The lowest BCUT2D eigenvalue weighted by Crippen LogP contribution is -2.16. The molecule has 1 aliphatic heterocycles. The Bertz CT molecular complexity index is 1240. The lowest BCUT2D eigenvalue weighted by molar-refractivity contribution is 0.357. The molecule has 0 fully saturated rings. The summed E-state index contributed by atoms with van der Waals surface area (Å²) in [6.45, 7) is 7.25. The maximum Gasteiger partial charge on any atom is 0.122 e. The highest BCUT2D eigenvalue weighted by atomic mass is 16.5. The highest BCUT2D eigenvalue weighted by molar-refractivity contribution is 5.80. The molecule has 0 aliphatic carbocycles. The van der Waals surface area contributed by atoms with Crippen molar-refractivity contribution in [2.45, 2.75) is 46.2 Å². The Hall–Kier alpha value is -3.27. The summed E-state index contributed by atoms with van der Waals surface area (Å²) < 4.78 is 8.12. The fourth-order valence-electron chi connectivity index (χ4n) is 4.66. The average Bonchev–Trinajstić information content (AvgIpc) is 3.41. The van der Waals surface area contributed by atoms with Gasteiger partial charge >= 0.3 is 0 Å². The minimum atomic E-state index is 0.656. The molecule has 0 atom stereocenters. The van der Waals surface area contributed by atoms with Gasteiger partial charge in [-0.05, 0) is 53.3 Å². The molecule has 5 rings (SSSR count). The maximum atomic E-state index is 5.69. The van der Waals surface area contributed by atoms with Crippen molar-refractivity contribution >= 4 is 16.7 Å². The fourth-order valence-corrected chi connectivity index (χ4v) is 4.66. The molecular formula is C29H33N3O. The smallest absolute Gasteiger partial charge is 0.122 e. The van der Waals surface area contributed by atoms with Gasteiger partial charge in [-0.25, -0.2) is 4.98 Å². The quantitative estimate of drug-likeness (QED) is 0.325. The van der Waals surface area contributed by atoms with Crippen LogP contribution >= 0.6 is 0 Å². The molecule has 0 spiro atoms. The van der Waals surface area contributed by atoms with Crippen LogP contribution < -0.4 is 9.64 Å². The van der Waals surface area contributed by atoms with Crippen molar-refractivity contribution < 1.29 is 4.74 Å². The zero-order valence-electron chi connectivity index (χ0n) is 19.9. The number of rotatable bonds is 8. The Kier molecular flexibility index (Phi) is 6.08. The van der Waals surface area contributed by atoms with Crippen LogP contribution in [0.2, 0.25) is 0 Å². The molecule has 0 N–H and O–H groups in total. The Labute approximate surface area is 196 Å². The van der Waals surface area contributed by atoms with Crippen LogP contribution in [0.5, 0.6) is 5.75 Å². The van der Waals surface area contributed by atoms with Gasteiger partial charge in [0.1, 0.15) is 11.6 Å². The van der Waals surface area contributed by atoms with Gasteiger partial charge in [-0.3, -0.25) is 0 Å². The normalized spacial score (nSPS) is 12.8. The highest BCUT2D eigenvalue weighted by Crippen LogP contribution is 2.29. The predicted octanol–water partition coefficient (Wildman–Crippen LogP) is 6.24. The second-order valence-electron chi connectivity index (χ2n) is 9.59. The first-order valence-electron chi connectivity index (χ1n) is 12.1. The van der Waals surface area contributed by atoms with Crippen LogP contribution in [0.3, 0.4) is 0 Å². The summed E-state index contributed by atoms with van der Waals surface area (Å²) in [6, 6.07) is 23.9. The molecule has 0 amide bonds. The number of hydrogen-bond acceptors (Lipinski definition) is 3. The van der Waals surface area contributed by atoms with E-state index >= 15 is 0 Å². The Morgan fingerprint density at radius 1 is 1.00 bits per heavy atom. The highest BCUT2D eigenvalue weighted by Gasteiger charge is 2.16. The molecule has 4 nitrogen and oxygen atoms in total. The van der Waals surface area contributed by atoms with Crippen LogP contribution in [0.4, 0.5) is 5.69 Å². The summed E-state index contributed by atoms with van der Waals surface area (Å²) in [6.07, 6.45) is 2.99. The second kappa shape index (κ2) is 9.30. The second-order valence-corrected chi connectivity index (χ2v) is 9.59. The maximum absolute atomic E-state index is 5.69. The zero-order chi connectivity index (χ0) is 22.8. The van der Waals surface area contributed by atoms with Crippen molar-refractivity contribution in [3.05, 3.63) is 89.2 Å². The SMILES string of the molecule is CC(C)CCn1c(Cc2ccc3c(c2)CCO3)nc2cc(N(C)Cc3ccccc3)ccc21. The van der Waals surface area contributed by atoms with Gasteiger partial charge in [0.15, 0.2) is 0 Å². The van der Waals surface area contributed by atoms with Crippen LogP contribution in [-0.2, 0) is 25.9 Å². The number of benzene rings is 3. The van der Waals surface area contributed by atoms with Gasteiger partial charge < -0.3 is 14.2 Å². The van der Waals surface area contributed by atoms with Gasteiger partial charge in [-0.15, -0.1) is 0 Å². The van der Waals surface area contributed by atoms with E-state index in [0.717, 1.165) is 56.0 Å². The standard InChI is InChI=1S/C29H33N3O/c1-21(2)13-15-32-27-11-10-25(31(3)20-22-7-5-4-6-8-22)19-26(27)30-29(32)18-23-9-12-28-24(17-23)14-16-33-28/h4-12,17,19,21H,13-16,18,20H2,1-3H3. The van der Waals surface area contributed by atoms with Crippen molar-refractivity contribution in [1.82, 2.24) is 9.55 Å². The molecule has 1 aromatic heterocycles. The molecule has 0 saturated carbocycles. The molecule has 4 heteroatoms. The van der Waals surface area contributed by atoms with Crippen molar-refractivity contribution in [3.8, 4) is 5.75 Å². The predicted molar refractivity (Wildman–Crippen MR) is 136 cm³/mol. The van der Waals surface area contributed by atoms with E-state index in [2.05, 4.69) is 97.1 Å². The van der Waals surface area contributed by atoms with Crippen molar-refractivity contribution in [2.24, 2.45) is 5.92 Å². The lowest BCUT2D eigenvalue weighted by Gasteiger charge is -2.19. The van der Waals surface area contributed by atoms with Gasteiger partial charge in [-0.1, -0.05) is 56.3 Å². The van der Waals surface area contributed by atoms with Gasteiger partial charge in [0.25, 0.3) is 0 Å². The van der Waals surface area contributed by atoms with Gasteiger partial charge in [0.05, 0.1) is 17.6 Å². The first kappa shape index (κ1) is 21.6. The van der Waals surface area contributed by atoms with E-state index < -0.39 is 0 Å². The van der Waals surface area contributed by atoms with Crippen LogP contribution in [0.1, 0.15) is 42.8 Å². The summed E-state index contributed by atoms with van der Waals surface area (Å²) in [5, 5.41) is 0. The minimum Gasteiger partial charge on any atom is -0.493 e. The van der Waals surface area contributed by atoms with Gasteiger partial charge in [-0.2, -0.15) is 0 Å². The summed E-state index contributed by atoms with van der Waals surface area (Å²) in [5.41, 5.74) is 7.44. The van der Waals surface area contributed by atoms with Crippen LogP contribution in [-0.4, -0.2) is 23.2 Å². The molecule has 170 valence electrons. The van der Waals surface area contributed by atoms with E-state index in [9.17, 15) is 0 Å². The number of nitrogens with zero attached hydrogens (tertiary/aromatic N) is 3. The van der Waals surface area contributed by atoms with E-state index in [1.807, 2.05) is 0 Å². The largest absolute Gasteiger partial charge is 0.493 e. The molecule has 2 heterocycles. The molecule has 0 unspecified atom stereocenters. The molecule has 0 bridgehead atoms. The summed E-state index contributed by atoms with van der Waals surface area (Å²) in [4.78, 5) is 7.43.